The van der Waals surface area contributed by atoms with E-state index >= 15 is 0 Å². The van der Waals surface area contributed by atoms with E-state index in [1.165, 1.54) is 20.8 Å². The molecule has 34 heavy (non-hydrogen) atoms. The molecule has 2 heterocycles. The van der Waals surface area contributed by atoms with Crippen molar-refractivity contribution in [3.63, 3.8) is 0 Å². The SMILES string of the molecule is CC(=O)O[C@@H]1[C@H](OC(C)=O)[C@H](Oc2ccc(C(C)=O)cc2)O[C@@H]2CO[C@H](c3ccccc3)O[C@H]12. The van der Waals surface area contributed by atoms with Crippen LogP contribution in [-0.4, -0.2) is 55.0 Å². The second kappa shape index (κ2) is 10.3. The van der Waals surface area contributed by atoms with Crippen molar-refractivity contribution in [3.05, 3.63) is 65.7 Å². The monoisotopic (exact) mass is 470 g/mol. The van der Waals surface area contributed by atoms with Crippen molar-refractivity contribution >= 4 is 17.7 Å². The van der Waals surface area contributed by atoms with E-state index in [2.05, 4.69) is 0 Å². The van der Waals surface area contributed by atoms with Crippen molar-refractivity contribution < 1.29 is 42.8 Å². The van der Waals surface area contributed by atoms with Crippen molar-refractivity contribution in [1.29, 1.82) is 0 Å². The van der Waals surface area contributed by atoms with Gasteiger partial charge in [0, 0.05) is 25.0 Å². The van der Waals surface area contributed by atoms with Gasteiger partial charge in [0.25, 0.3) is 0 Å². The van der Waals surface area contributed by atoms with Gasteiger partial charge in [0.05, 0.1) is 6.61 Å². The molecule has 2 aliphatic rings. The lowest BCUT2D eigenvalue weighted by atomic mass is 9.97. The third-order valence-corrected chi connectivity index (χ3v) is 5.47. The van der Waals surface area contributed by atoms with E-state index in [9.17, 15) is 14.4 Å². The molecule has 2 aromatic rings. The molecule has 4 rings (SSSR count). The number of Topliss-reactive ketones (excluding diaryl/α,β-unsaturated/α-hetero) is 1. The summed E-state index contributed by atoms with van der Waals surface area (Å²) >= 11 is 0. The third kappa shape index (κ3) is 5.44. The Labute approximate surface area is 196 Å². The number of ketones is 1. The van der Waals surface area contributed by atoms with Gasteiger partial charge in [0.2, 0.25) is 12.4 Å². The molecule has 9 nitrogen and oxygen atoms in total. The Morgan fingerprint density at radius 3 is 2.09 bits per heavy atom. The Morgan fingerprint density at radius 2 is 1.47 bits per heavy atom. The lowest BCUT2D eigenvalue weighted by Crippen LogP contribution is -2.64. The first-order chi connectivity index (χ1) is 16.3. The van der Waals surface area contributed by atoms with E-state index in [-0.39, 0.29) is 12.4 Å². The van der Waals surface area contributed by atoms with Crippen molar-refractivity contribution in [1.82, 2.24) is 0 Å². The molecule has 6 atom stereocenters. The Bertz CT molecular complexity index is 1020. The average molecular weight is 470 g/mol. The van der Waals surface area contributed by atoms with Crippen LogP contribution in [0.3, 0.4) is 0 Å². The molecule has 0 N–H and O–H groups in total. The van der Waals surface area contributed by atoms with Crippen molar-refractivity contribution in [2.24, 2.45) is 0 Å². The fourth-order valence-electron chi connectivity index (χ4n) is 3.97. The van der Waals surface area contributed by atoms with Gasteiger partial charge in [-0.25, -0.2) is 0 Å². The quantitative estimate of drug-likeness (QED) is 0.465. The first kappa shape index (κ1) is 23.9. The van der Waals surface area contributed by atoms with E-state index < -0.39 is 48.9 Å². The molecular formula is C25H26O9. The smallest absolute Gasteiger partial charge is 0.303 e. The molecule has 0 radical (unpaired) electrons. The Kier molecular flexibility index (Phi) is 7.26. The standard InChI is InChI=1S/C25H26O9/c1-14(26)17-9-11-19(12-10-17)32-25-23(31-16(3)28)22(30-15(2)27)21-20(33-25)13-29-24(34-21)18-7-5-4-6-8-18/h4-12,20-25H,13H2,1-3H3/t20-,21+,22+,23+,24+,25-/m1/s1. The molecule has 0 bridgehead atoms. The summed E-state index contributed by atoms with van der Waals surface area (Å²) in [5, 5.41) is 0. The number of hydrogen-bond donors (Lipinski definition) is 0. The van der Waals surface area contributed by atoms with Gasteiger partial charge >= 0.3 is 11.9 Å². The van der Waals surface area contributed by atoms with E-state index in [0.717, 1.165) is 5.56 Å². The number of carbonyl (C=O) groups is 3. The van der Waals surface area contributed by atoms with Crippen LogP contribution in [0.15, 0.2) is 54.6 Å². The topological polar surface area (TPSA) is 107 Å². The number of hydrogen-bond acceptors (Lipinski definition) is 9. The van der Waals surface area contributed by atoms with E-state index in [1.54, 1.807) is 24.3 Å². The van der Waals surface area contributed by atoms with Gasteiger partial charge in [-0.3, -0.25) is 14.4 Å². The van der Waals surface area contributed by atoms with Crippen LogP contribution in [0.1, 0.15) is 43.0 Å². The van der Waals surface area contributed by atoms with Gasteiger partial charge in [0.1, 0.15) is 18.0 Å². The first-order valence-electron chi connectivity index (χ1n) is 10.9. The Balaban J connectivity index is 1.60. The van der Waals surface area contributed by atoms with Crippen LogP contribution < -0.4 is 4.74 Å². The molecule has 0 aliphatic carbocycles. The van der Waals surface area contributed by atoms with Crippen LogP contribution in [0, 0.1) is 0 Å². The molecule has 0 unspecified atom stereocenters. The Morgan fingerprint density at radius 1 is 0.824 bits per heavy atom. The van der Waals surface area contributed by atoms with Gasteiger partial charge < -0.3 is 28.4 Å². The highest BCUT2D eigenvalue weighted by Gasteiger charge is 2.54. The molecule has 180 valence electrons. The summed E-state index contributed by atoms with van der Waals surface area (Å²) in [5.41, 5.74) is 1.31. The van der Waals surface area contributed by atoms with Crippen LogP contribution in [0.25, 0.3) is 0 Å². The number of benzene rings is 2. The maximum atomic E-state index is 12.0. The molecule has 9 heteroatoms. The minimum absolute atomic E-state index is 0.0829. The van der Waals surface area contributed by atoms with E-state index in [1.807, 2.05) is 30.3 Å². The molecule has 0 spiro atoms. The minimum atomic E-state index is -1.11. The molecule has 2 saturated heterocycles. The first-order valence-corrected chi connectivity index (χ1v) is 10.9. The molecular weight excluding hydrogens is 444 g/mol. The van der Waals surface area contributed by atoms with Crippen molar-refractivity contribution in [2.75, 3.05) is 6.61 Å². The van der Waals surface area contributed by atoms with Gasteiger partial charge in [0.15, 0.2) is 18.2 Å². The number of carbonyl (C=O) groups excluding carboxylic acids is 3. The highest BCUT2D eigenvalue weighted by atomic mass is 16.8. The fourth-order valence-corrected chi connectivity index (χ4v) is 3.97. The van der Waals surface area contributed by atoms with Gasteiger partial charge in [-0.05, 0) is 31.2 Å². The lowest BCUT2D eigenvalue weighted by Gasteiger charge is -2.47. The summed E-state index contributed by atoms with van der Waals surface area (Å²) in [6.45, 7) is 4.11. The number of fused-ring (bicyclic) bond motifs is 1. The number of rotatable bonds is 6. The van der Waals surface area contributed by atoms with Crippen molar-refractivity contribution in [3.8, 4) is 5.75 Å². The van der Waals surface area contributed by atoms with Crippen molar-refractivity contribution in [2.45, 2.75) is 57.8 Å². The summed E-state index contributed by atoms with van der Waals surface area (Å²) in [6.07, 6.45) is -5.36. The minimum Gasteiger partial charge on any atom is -0.461 e. The maximum Gasteiger partial charge on any atom is 0.303 e. The molecule has 0 amide bonds. The van der Waals surface area contributed by atoms with E-state index in [0.29, 0.717) is 11.3 Å². The van der Waals surface area contributed by atoms with Crippen LogP contribution in [-0.2, 0) is 33.3 Å². The maximum absolute atomic E-state index is 12.0. The zero-order chi connectivity index (χ0) is 24.2. The number of ether oxygens (including phenoxy) is 6. The van der Waals surface area contributed by atoms with Crippen LogP contribution >= 0.6 is 0 Å². The second-order valence-corrected chi connectivity index (χ2v) is 8.07. The number of esters is 2. The van der Waals surface area contributed by atoms with E-state index in [4.69, 9.17) is 28.4 Å². The summed E-state index contributed by atoms with van der Waals surface area (Å²) in [4.78, 5) is 35.5. The normalized spacial score (nSPS) is 28.3. The largest absolute Gasteiger partial charge is 0.461 e. The summed E-state index contributed by atoms with van der Waals surface area (Å²) in [6, 6.07) is 15.8. The average Bonchev–Trinajstić information content (AvgIpc) is 2.81. The van der Waals surface area contributed by atoms with Crippen LogP contribution in [0.5, 0.6) is 5.75 Å². The zero-order valence-electron chi connectivity index (χ0n) is 19.0. The molecule has 2 aliphatic heterocycles. The summed E-state index contributed by atoms with van der Waals surface area (Å²) in [5.74, 6) is -0.873. The lowest BCUT2D eigenvalue weighted by molar-refractivity contribution is -0.351. The zero-order valence-corrected chi connectivity index (χ0v) is 19.0. The Hall–Kier alpha value is -3.27. The van der Waals surface area contributed by atoms with Crippen LogP contribution in [0.4, 0.5) is 0 Å². The third-order valence-electron chi connectivity index (χ3n) is 5.47. The summed E-state index contributed by atoms with van der Waals surface area (Å²) in [7, 11) is 0. The molecule has 2 fully saturated rings. The van der Waals surface area contributed by atoms with Gasteiger partial charge in [-0.15, -0.1) is 0 Å². The predicted octanol–water partition coefficient (Wildman–Crippen LogP) is 2.97. The highest BCUT2D eigenvalue weighted by molar-refractivity contribution is 5.94. The van der Waals surface area contributed by atoms with Gasteiger partial charge in [-0.1, -0.05) is 30.3 Å². The molecule has 0 aromatic heterocycles. The molecule has 0 saturated carbocycles. The highest BCUT2D eigenvalue weighted by Crippen LogP contribution is 2.37. The summed E-state index contributed by atoms with van der Waals surface area (Å²) < 4.78 is 35.1. The molecule has 2 aromatic carbocycles. The fraction of sp³-hybridized carbons (Fsp3) is 0.400. The van der Waals surface area contributed by atoms with Crippen LogP contribution in [0.2, 0.25) is 0 Å². The predicted molar refractivity (Wildman–Crippen MR) is 117 cm³/mol. The van der Waals surface area contributed by atoms with Gasteiger partial charge in [-0.2, -0.15) is 0 Å². The second-order valence-electron chi connectivity index (χ2n) is 8.07.